The Morgan fingerprint density at radius 2 is 1.58 bits per heavy atom. The van der Waals surface area contributed by atoms with Crippen LogP contribution in [0.2, 0.25) is 0 Å². The van der Waals surface area contributed by atoms with Crippen LogP contribution in [-0.2, 0) is 10.1 Å². The molecule has 6 nitrogen and oxygen atoms in total. The first-order valence-corrected chi connectivity index (χ1v) is 6.57. The Bertz CT molecular complexity index is 627. The van der Waals surface area contributed by atoms with Gasteiger partial charge in [0.1, 0.15) is 0 Å². The highest BCUT2D eigenvalue weighted by atomic mass is 32.2. The number of primary amides is 1. The summed E-state index contributed by atoms with van der Waals surface area (Å²) < 4.78 is 29.2. The van der Waals surface area contributed by atoms with E-state index >= 15 is 0 Å². The number of nitrogens with zero attached hydrogens (tertiary/aromatic N) is 1. The van der Waals surface area contributed by atoms with E-state index in [1.165, 1.54) is 24.5 Å². The van der Waals surface area contributed by atoms with Crippen LogP contribution in [0.5, 0.6) is 0 Å². The number of hydrogen-bond acceptors (Lipinski definition) is 4. The third-order valence-electron chi connectivity index (χ3n) is 2.01. The minimum absolute atomic E-state index is 0.0741. The molecule has 2 aromatic rings. The van der Waals surface area contributed by atoms with Crippen molar-refractivity contribution >= 4 is 16.0 Å². The quantitative estimate of drug-likeness (QED) is 0.801. The van der Waals surface area contributed by atoms with Gasteiger partial charge in [0.25, 0.3) is 10.1 Å². The van der Waals surface area contributed by atoms with Gasteiger partial charge in [0.15, 0.2) is 0 Å². The normalized spacial score (nSPS) is 10.2. The number of nitrogens with two attached hydrogens (primary N) is 1. The van der Waals surface area contributed by atoms with Gasteiger partial charge in [-0.1, -0.05) is 18.2 Å². The first-order chi connectivity index (χ1) is 8.91. The zero-order chi connectivity index (χ0) is 14.3. The molecule has 1 aromatic heterocycles. The molecule has 0 atom stereocenters. The molecule has 0 bridgehead atoms. The Kier molecular flexibility index (Phi) is 5.16. The average molecular weight is 280 g/mol. The van der Waals surface area contributed by atoms with Gasteiger partial charge in [0.05, 0.1) is 4.90 Å². The predicted molar refractivity (Wildman–Crippen MR) is 69.0 cm³/mol. The van der Waals surface area contributed by atoms with E-state index in [1.807, 2.05) is 0 Å². The average Bonchev–Trinajstić information content (AvgIpc) is 2.40. The van der Waals surface area contributed by atoms with Gasteiger partial charge in [-0.15, -0.1) is 0 Å². The largest absolute Gasteiger partial charge is 0.366 e. The number of rotatable bonds is 2. The van der Waals surface area contributed by atoms with Crippen LogP contribution < -0.4 is 5.73 Å². The van der Waals surface area contributed by atoms with Crippen molar-refractivity contribution in [1.29, 1.82) is 0 Å². The van der Waals surface area contributed by atoms with Crippen LogP contribution in [0.1, 0.15) is 10.4 Å². The van der Waals surface area contributed by atoms with E-state index in [0.717, 1.165) is 0 Å². The van der Waals surface area contributed by atoms with Crippen LogP contribution in [0.25, 0.3) is 0 Å². The zero-order valence-corrected chi connectivity index (χ0v) is 10.6. The van der Waals surface area contributed by atoms with Crippen molar-refractivity contribution in [2.45, 2.75) is 4.90 Å². The molecule has 0 spiro atoms. The molecule has 1 amide bonds. The van der Waals surface area contributed by atoms with Crippen LogP contribution in [0.3, 0.4) is 0 Å². The lowest BCUT2D eigenvalue weighted by Gasteiger charge is -1.92. The van der Waals surface area contributed by atoms with E-state index in [9.17, 15) is 13.2 Å². The fourth-order valence-corrected chi connectivity index (χ4v) is 1.61. The molecule has 0 aliphatic rings. The SMILES string of the molecule is NC(=O)c1ccncc1.O=S(=O)(O)c1ccccc1. The molecule has 0 radical (unpaired) electrons. The second-order valence-corrected chi connectivity index (χ2v) is 4.81. The fourth-order valence-electron chi connectivity index (χ4n) is 1.11. The molecule has 0 saturated heterocycles. The number of benzene rings is 1. The maximum atomic E-state index is 10.4. The summed E-state index contributed by atoms with van der Waals surface area (Å²) in [6, 6.07) is 10.6. The summed E-state index contributed by atoms with van der Waals surface area (Å²) in [4.78, 5) is 14.0. The Hall–Kier alpha value is -2.25. The Morgan fingerprint density at radius 3 is 1.89 bits per heavy atom. The summed E-state index contributed by atoms with van der Waals surface area (Å²) in [6.07, 6.45) is 3.06. The zero-order valence-electron chi connectivity index (χ0n) is 9.80. The van der Waals surface area contributed by atoms with Gasteiger partial charge in [0.2, 0.25) is 5.91 Å². The Balaban J connectivity index is 0.000000191. The van der Waals surface area contributed by atoms with Crippen LogP contribution >= 0.6 is 0 Å². The highest BCUT2D eigenvalue weighted by Gasteiger charge is 2.05. The molecule has 0 fully saturated rings. The third kappa shape index (κ3) is 5.28. The van der Waals surface area contributed by atoms with E-state index in [0.29, 0.717) is 5.56 Å². The number of pyridine rings is 1. The number of carbonyl (C=O) groups is 1. The van der Waals surface area contributed by atoms with E-state index in [-0.39, 0.29) is 4.90 Å². The van der Waals surface area contributed by atoms with Gasteiger partial charge >= 0.3 is 0 Å². The molecule has 3 N–H and O–H groups in total. The topological polar surface area (TPSA) is 110 Å². The predicted octanol–water partition coefficient (Wildman–Crippen LogP) is 1.11. The van der Waals surface area contributed by atoms with Crippen molar-refractivity contribution in [2.75, 3.05) is 0 Å². The number of carbonyl (C=O) groups excluding carboxylic acids is 1. The number of hydrogen-bond donors (Lipinski definition) is 2. The molecular formula is C12H12N2O4S. The van der Waals surface area contributed by atoms with E-state index in [1.54, 1.807) is 30.3 Å². The number of amides is 1. The van der Waals surface area contributed by atoms with Gasteiger partial charge in [-0.05, 0) is 24.3 Å². The van der Waals surface area contributed by atoms with Crippen molar-refractivity contribution in [3.63, 3.8) is 0 Å². The van der Waals surface area contributed by atoms with E-state index in [4.69, 9.17) is 10.3 Å². The van der Waals surface area contributed by atoms with E-state index < -0.39 is 16.0 Å². The fraction of sp³-hybridized carbons (Fsp3) is 0. The molecule has 0 unspecified atom stereocenters. The van der Waals surface area contributed by atoms with Crippen LogP contribution in [0.15, 0.2) is 59.8 Å². The lowest BCUT2D eigenvalue weighted by molar-refractivity contribution is 0.1000. The molecule has 0 aliphatic carbocycles. The Morgan fingerprint density at radius 1 is 1.05 bits per heavy atom. The standard InChI is InChI=1S/C6H6N2O.C6H6O3S/c7-6(9)5-1-3-8-4-2-5;7-10(8,9)6-4-2-1-3-5-6/h1-4H,(H2,7,9);1-5H,(H,7,8,9). The summed E-state index contributed by atoms with van der Waals surface area (Å²) in [7, 11) is -4.00. The van der Waals surface area contributed by atoms with E-state index in [2.05, 4.69) is 4.98 Å². The molecule has 1 aromatic carbocycles. The summed E-state index contributed by atoms with van der Waals surface area (Å²) >= 11 is 0. The molecule has 7 heteroatoms. The maximum Gasteiger partial charge on any atom is 0.294 e. The van der Waals surface area contributed by atoms with Crippen molar-refractivity contribution in [3.05, 3.63) is 60.4 Å². The lowest BCUT2D eigenvalue weighted by Crippen LogP contribution is -2.10. The summed E-state index contributed by atoms with van der Waals surface area (Å²) in [5.41, 5.74) is 5.44. The minimum Gasteiger partial charge on any atom is -0.366 e. The molecule has 19 heavy (non-hydrogen) atoms. The highest BCUT2D eigenvalue weighted by molar-refractivity contribution is 7.85. The van der Waals surface area contributed by atoms with Crippen LogP contribution in [0, 0.1) is 0 Å². The second kappa shape index (κ2) is 6.62. The second-order valence-electron chi connectivity index (χ2n) is 3.39. The van der Waals surface area contributed by atoms with Crippen LogP contribution in [-0.4, -0.2) is 23.9 Å². The molecule has 0 aliphatic heterocycles. The van der Waals surface area contributed by atoms with Crippen molar-refractivity contribution < 1.29 is 17.8 Å². The van der Waals surface area contributed by atoms with Gasteiger partial charge in [-0.3, -0.25) is 14.3 Å². The highest BCUT2D eigenvalue weighted by Crippen LogP contribution is 2.05. The number of aromatic nitrogens is 1. The van der Waals surface area contributed by atoms with Crippen molar-refractivity contribution in [1.82, 2.24) is 4.98 Å². The lowest BCUT2D eigenvalue weighted by atomic mass is 10.3. The van der Waals surface area contributed by atoms with Gasteiger partial charge in [-0.2, -0.15) is 8.42 Å². The van der Waals surface area contributed by atoms with Crippen molar-refractivity contribution in [2.24, 2.45) is 5.73 Å². The first kappa shape index (κ1) is 14.8. The molecule has 0 saturated carbocycles. The molecular weight excluding hydrogens is 268 g/mol. The van der Waals surface area contributed by atoms with Crippen molar-refractivity contribution in [3.8, 4) is 0 Å². The monoisotopic (exact) mass is 280 g/mol. The maximum absolute atomic E-state index is 10.4. The minimum atomic E-state index is -4.00. The first-order valence-electron chi connectivity index (χ1n) is 5.13. The molecule has 100 valence electrons. The van der Waals surface area contributed by atoms with Gasteiger partial charge in [-0.25, -0.2) is 0 Å². The summed E-state index contributed by atoms with van der Waals surface area (Å²) in [6.45, 7) is 0. The summed E-state index contributed by atoms with van der Waals surface area (Å²) in [5.74, 6) is -0.419. The molecule has 1 heterocycles. The third-order valence-corrected chi connectivity index (χ3v) is 2.87. The van der Waals surface area contributed by atoms with Gasteiger partial charge in [0, 0.05) is 18.0 Å². The summed E-state index contributed by atoms with van der Waals surface area (Å²) in [5, 5.41) is 0. The Labute approximate surface area is 110 Å². The molecule has 2 rings (SSSR count). The van der Waals surface area contributed by atoms with Gasteiger partial charge < -0.3 is 5.73 Å². The van der Waals surface area contributed by atoms with Crippen LogP contribution in [0.4, 0.5) is 0 Å². The smallest absolute Gasteiger partial charge is 0.294 e.